The predicted octanol–water partition coefficient (Wildman–Crippen LogP) is 5.87. The van der Waals surface area contributed by atoms with Crippen LogP contribution in [-0.2, 0) is 0 Å². The summed E-state index contributed by atoms with van der Waals surface area (Å²) >= 11 is 0. The van der Waals surface area contributed by atoms with Gasteiger partial charge in [0.05, 0.1) is 0 Å². The molecule has 0 radical (unpaired) electrons. The Hall–Kier alpha value is 0.860. The lowest BCUT2D eigenvalue weighted by Gasteiger charge is -2.27. The smallest absolute Gasteiger partial charge is 0.0209 e. The Bertz CT molecular complexity index is 229. The molecular formula is C16H32P2. The highest BCUT2D eigenvalue weighted by Gasteiger charge is 2.34. The zero-order valence-corrected chi connectivity index (χ0v) is 14.5. The van der Waals surface area contributed by atoms with Gasteiger partial charge in [-0.05, 0) is 80.4 Å². The minimum atomic E-state index is 0.404. The van der Waals surface area contributed by atoms with Crippen molar-refractivity contribution in [2.75, 3.05) is 18.5 Å². The second-order valence-corrected chi connectivity index (χ2v) is 11.9. The van der Waals surface area contributed by atoms with Crippen LogP contribution in [-0.4, -0.2) is 35.5 Å². The van der Waals surface area contributed by atoms with Crippen LogP contribution in [0, 0.1) is 0 Å². The summed E-state index contributed by atoms with van der Waals surface area (Å²) in [5.41, 5.74) is 3.43. The van der Waals surface area contributed by atoms with Gasteiger partial charge in [-0.15, -0.1) is 15.8 Å². The molecule has 2 heterocycles. The van der Waals surface area contributed by atoms with Crippen LogP contribution in [0.4, 0.5) is 0 Å². The standard InChI is InChI=1S/C16H32P2/c1-4-14-8-7-11-17(14)12-13-18-15(5-2)9-10-16(18)6-3/h14-16H,4-13H2,1-3H3/t14?,15-,16?,17?,18?/m0/s1. The number of rotatable bonds is 6. The van der Waals surface area contributed by atoms with Crippen LogP contribution in [0.2, 0.25) is 0 Å². The fourth-order valence-corrected chi connectivity index (χ4v) is 11.9. The van der Waals surface area contributed by atoms with E-state index in [0.29, 0.717) is 15.8 Å². The Kier molecular flexibility index (Phi) is 6.43. The van der Waals surface area contributed by atoms with Crippen molar-refractivity contribution in [2.45, 2.75) is 82.7 Å². The Morgan fingerprint density at radius 1 is 0.778 bits per heavy atom. The molecule has 0 aliphatic carbocycles. The van der Waals surface area contributed by atoms with Gasteiger partial charge in [0.1, 0.15) is 0 Å². The van der Waals surface area contributed by atoms with Gasteiger partial charge in [0.15, 0.2) is 0 Å². The van der Waals surface area contributed by atoms with Crippen LogP contribution in [0.15, 0.2) is 0 Å². The topological polar surface area (TPSA) is 0 Å². The molecule has 0 aromatic heterocycles. The normalized spacial score (nSPS) is 40.5. The van der Waals surface area contributed by atoms with Crippen LogP contribution in [0.3, 0.4) is 0 Å². The second-order valence-electron chi connectivity index (χ2n) is 6.18. The average molecular weight is 286 g/mol. The van der Waals surface area contributed by atoms with Crippen LogP contribution in [0.25, 0.3) is 0 Å². The van der Waals surface area contributed by atoms with Gasteiger partial charge in [-0.1, -0.05) is 20.8 Å². The first kappa shape index (κ1) is 15.3. The third-order valence-corrected chi connectivity index (χ3v) is 12.9. The summed E-state index contributed by atoms with van der Waals surface area (Å²) in [7, 11) is 0.847. The summed E-state index contributed by atoms with van der Waals surface area (Å²) in [6, 6.07) is 0. The van der Waals surface area contributed by atoms with E-state index in [2.05, 4.69) is 20.8 Å². The fourth-order valence-electron chi connectivity index (χ4n) is 4.15. The molecule has 2 aliphatic heterocycles. The van der Waals surface area contributed by atoms with Crippen molar-refractivity contribution in [1.82, 2.24) is 0 Å². The second kappa shape index (κ2) is 7.59. The largest absolute Gasteiger partial charge is 0.103 e. The summed E-state index contributed by atoms with van der Waals surface area (Å²) in [5, 5.41) is 0. The summed E-state index contributed by atoms with van der Waals surface area (Å²) in [5.74, 6) is 0. The maximum Gasteiger partial charge on any atom is -0.0209 e. The predicted molar refractivity (Wildman–Crippen MR) is 89.1 cm³/mol. The first-order chi connectivity index (χ1) is 8.80. The van der Waals surface area contributed by atoms with Gasteiger partial charge in [0.2, 0.25) is 0 Å². The highest BCUT2D eigenvalue weighted by atomic mass is 31.1. The van der Waals surface area contributed by atoms with Crippen molar-refractivity contribution in [3.8, 4) is 0 Å². The van der Waals surface area contributed by atoms with Crippen molar-refractivity contribution in [2.24, 2.45) is 0 Å². The van der Waals surface area contributed by atoms with Crippen molar-refractivity contribution in [3.05, 3.63) is 0 Å². The van der Waals surface area contributed by atoms with E-state index in [9.17, 15) is 0 Å². The van der Waals surface area contributed by atoms with E-state index in [1.165, 1.54) is 19.3 Å². The van der Waals surface area contributed by atoms with Gasteiger partial charge >= 0.3 is 0 Å². The molecule has 2 aliphatic rings. The van der Waals surface area contributed by atoms with Gasteiger partial charge in [0, 0.05) is 0 Å². The molecule has 0 aromatic carbocycles. The van der Waals surface area contributed by atoms with Gasteiger partial charge in [-0.3, -0.25) is 0 Å². The van der Waals surface area contributed by atoms with Crippen molar-refractivity contribution < 1.29 is 0 Å². The quantitative estimate of drug-likeness (QED) is 0.535. The molecule has 2 rings (SSSR count). The fraction of sp³-hybridized carbons (Fsp3) is 1.00. The highest BCUT2D eigenvalue weighted by Crippen LogP contribution is 2.61. The zero-order valence-electron chi connectivity index (χ0n) is 12.7. The van der Waals surface area contributed by atoms with Crippen LogP contribution in [0.5, 0.6) is 0 Å². The number of hydrogen-bond acceptors (Lipinski definition) is 0. The maximum atomic E-state index is 2.44. The SMILES string of the molecule is CCC1CCCP1CCP1C(CC)CC[C@@H]1CC. The first-order valence-corrected chi connectivity index (χ1v) is 11.7. The van der Waals surface area contributed by atoms with E-state index in [4.69, 9.17) is 0 Å². The molecule has 106 valence electrons. The molecule has 0 N–H and O–H groups in total. The van der Waals surface area contributed by atoms with E-state index < -0.39 is 0 Å². The first-order valence-electron chi connectivity index (χ1n) is 8.29. The number of hydrogen-bond donors (Lipinski definition) is 0. The molecular weight excluding hydrogens is 254 g/mol. The Balaban J connectivity index is 1.83. The molecule has 0 aromatic rings. The molecule has 18 heavy (non-hydrogen) atoms. The molecule has 0 spiro atoms. The lowest BCUT2D eigenvalue weighted by atomic mass is 10.1. The molecule has 0 saturated carbocycles. The summed E-state index contributed by atoms with van der Waals surface area (Å²) in [4.78, 5) is 0. The van der Waals surface area contributed by atoms with E-state index in [1.54, 1.807) is 44.2 Å². The Labute approximate surface area is 117 Å². The van der Waals surface area contributed by atoms with Gasteiger partial charge in [-0.2, -0.15) is 0 Å². The van der Waals surface area contributed by atoms with Gasteiger partial charge in [-0.25, -0.2) is 0 Å². The van der Waals surface area contributed by atoms with Gasteiger partial charge < -0.3 is 0 Å². The average Bonchev–Trinajstić information content (AvgIpc) is 3.01. The summed E-state index contributed by atoms with van der Waals surface area (Å²) < 4.78 is 0. The molecule has 0 nitrogen and oxygen atoms in total. The van der Waals surface area contributed by atoms with Crippen LogP contribution in [0.1, 0.15) is 65.7 Å². The van der Waals surface area contributed by atoms with E-state index in [-0.39, 0.29) is 0 Å². The van der Waals surface area contributed by atoms with E-state index in [0.717, 1.165) is 17.0 Å². The third-order valence-electron chi connectivity index (χ3n) is 5.33. The van der Waals surface area contributed by atoms with E-state index >= 15 is 0 Å². The zero-order chi connectivity index (χ0) is 13.0. The van der Waals surface area contributed by atoms with Crippen molar-refractivity contribution >= 4 is 15.8 Å². The molecule has 5 atom stereocenters. The monoisotopic (exact) mass is 286 g/mol. The third kappa shape index (κ3) is 3.49. The Morgan fingerprint density at radius 2 is 1.39 bits per heavy atom. The summed E-state index contributed by atoms with van der Waals surface area (Å²) in [6.45, 7) is 7.30. The highest BCUT2D eigenvalue weighted by molar-refractivity contribution is 7.63. The maximum absolute atomic E-state index is 2.44. The molecule has 2 saturated heterocycles. The van der Waals surface area contributed by atoms with Crippen LogP contribution < -0.4 is 0 Å². The van der Waals surface area contributed by atoms with E-state index in [1.807, 2.05) is 0 Å². The molecule has 4 unspecified atom stereocenters. The van der Waals surface area contributed by atoms with Crippen molar-refractivity contribution in [3.63, 3.8) is 0 Å². The lowest BCUT2D eigenvalue weighted by Crippen LogP contribution is -2.09. The van der Waals surface area contributed by atoms with Crippen molar-refractivity contribution in [1.29, 1.82) is 0 Å². The summed E-state index contributed by atoms with van der Waals surface area (Å²) in [6.07, 6.45) is 15.6. The van der Waals surface area contributed by atoms with Gasteiger partial charge in [0.25, 0.3) is 0 Å². The molecule has 0 amide bonds. The molecule has 2 heteroatoms. The Morgan fingerprint density at radius 3 is 1.94 bits per heavy atom. The lowest BCUT2D eigenvalue weighted by molar-refractivity contribution is 0.696. The minimum absolute atomic E-state index is 0.404. The minimum Gasteiger partial charge on any atom is -0.103 e. The molecule has 0 bridgehead atoms. The van der Waals surface area contributed by atoms with Crippen LogP contribution >= 0.6 is 15.8 Å². The molecule has 2 fully saturated rings.